The molecule has 0 N–H and O–H groups in total. The van der Waals surface area contributed by atoms with Gasteiger partial charge in [0.25, 0.3) is 0 Å². The Hall–Kier alpha value is -2.31. The van der Waals surface area contributed by atoms with Gasteiger partial charge in [-0.15, -0.1) is 11.3 Å². The van der Waals surface area contributed by atoms with E-state index in [0.29, 0.717) is 10.3 Å². The maximum absolute atomic E-state index is 11.8. The molecule has 0 aliphatic heterocycles. The largest absolute Gasteiger partial charge is 0.480 e. The molecule has 0 bridgehead atoms. The average molecular weight is 279 g/mol. The Balaban J connectivity index is 2.67. The van der Waals surface area contributed by atoms with E-state index in [1.165, 1.54) is 19.4 Å². The van der Waals surface area contributed by atoms with E-state index in [9.17, 15) is 9.59 Å². The van der Waals surface area contributed by atoms with E-state index in [4.69, 9.17) is 9.47 Å². The maximum atomic E-state index is 11.8. The van der Waals surface area contributed by atoms with E-state index in [1.54, 1.807) is 6.92 Å². The molecule has 0 atom stereocenters. The number of isocyanates is 1. The van der Waals surface area contributed by atoms with Gasteiger partial charge in [-0.05, 0) is 6.92 Å². The molecule has 2 aromatic rings. The normalized spacial score (nSPS) is 10.0. The predicted octanol–water partition coefficient (Wildman–Crippen LogP) is 1.84. The highest BCUT2D eigenvalue weighted by Crippen LogP contribution is 2.36. The van der Waals surface area contributed by atoms with Gasteiger partial charge in [-0.3, -0.25) is 0 Å². The number of nitrogens with zero attached hydrogens (tertiary/aromatic N) is 3. The first kappa shape index (κ1) is 13.1. The first-order valence-electron chi connectivity index (χ1n) is 5.29. The molecular weight excluding hydrogens is 270 g/mol. The van der Waals surface area contributed by atoms with Crippen LogP contribution in [0.3, 0.4) is 0 Å². The monoisotopic (exact) mass is 279 g/mol. The molecule has 0 fully saturated rings. The predicted molar refractivity (Wildman–Crippen MR) is 67.7 cm³/mol. The Morgan fingerprint density at radius 2 is 2.37 bits per heavy atom. The topological polar surface area (TPSA) is 90.7 Å². The fraction of sp³-hybridized carbons (Fsp3) is 0.273. The molecule has 0 aliphatic carbocycles. The van der Waals surface area contributed by atoms with Crippen molar-refractivity contribution in [3.63, 3.8) is 0 Å². The summed E-state index contributed by atoms with van der Waals surface area (Å²) in [6.45, 7) is 1.91. The van der Waals surface area contributed by atoms with Crippen LogP contribution in [-0.4, -0.2) is 35.7 Å². The summed E-state index contributed by atoms with van der Waals surface area (Å²) in [7, 11) is 1.44. The molecule has 19 heavy (non-hydrogen) atoms. The van der Waals surface area contributed by atoms with E-state index < -0.39 is 5.97 Å². The van der Waals surface area contributed by atoms with Crippen molar-refractivity contribution in [2.24, 2.45) is 4.99 Å². The van der Waals surface area contributed by atoms with E-state index in [-0.39, 0.29) is 23.1 Å². The number of hydrogen-bond donors (Lipinski definition) is 0. The highest BCUT2D eigenvalue weighted by atomic mass is 32.1. The molecule has 2 aromatic heterocycles. The van der Waals surface area contributed by atoms with Crippen LogP contribution in [0.15, 0.2) is 11.2 Å². The Kier molecular flexibility index (Phi) is 3.84. The minimum absolute atomic E-state index is 0.111. The highest BCUT2D eigenvalue weighted by Gasteiger charge is 2.21. The third-order valence-corrected chi connectivity index (χ3v) is 3.24. The van der Waals surface area contributed by atoms with Crippen LogP contribution in [0.2, 0.25) is 0 Å². The summed E-state index contributed by atoms with van der Waals surface area (Å²) in [4.78, 5) is 34.6. The van der Waals surface area contributed by atoms with E-state index in [2.05, 4.69) is 15.0 Å². The number of thiophene rings is 1. The smallest absolute Gasteiger partial charge is 0.350 e. The highest BCUT2D eigenvalue weighted by molar-refractivity contribution is 7.21. The standard InChI is InChI=1S/C11H9N3O4S/c1-3-18-11(16)9-7(13-5-15)8-10(19-9)12-4-6(14-8)17-2/h4H,3H2,1-2H3. The van der Waals surface area contributed by atoms with Gasteiger partial charge in [0.2, 0.25) is 12.0 Å². The van der Waals surface area contributed by atoms with Crippen molar-refractivity contribution >= 4 is 39.4 Å². The molecule has 0 saturated heterocycles. The van der Waals surface area contributed by atoms with Crippen molar-refractivity contribution in [3.05, 3.63) is 11.1 Å². The summed E-state index contributed by atoms with van der Waals surface area (Å²) in [5.41, 5.74) is 0.426. The third-order valence-electron chi connectivity index (χ3n) is 2.18. The zero-order chi connectivity index (χ0) is 13.8. The second-order valence-corrected chi connectivity index (χ2v) is 4.27. The lowest BCUT2D eigenvalue weighted by atomic mass is 10.3. The van der Waals surface area contributed by atoms with Crippen LogP contribution >= 0.6 is 11.3 Å². The lowest BCUT2D eigenvalue weighted by molar-refractivity contribution is 0.0533. The van der Waals surface area contributed by atoms with Crippen molar-refractivity contribution in [3.8, 4) is 5.88 Å². The van der Waals surface area contributed by atoms with Crippen LogP contribution < -0.4 is 4.74 Å². The number of aromatic nitrogens is 2. The van der Waals surface area contributed by atoms with Crippen LogP contribution in [0.25, 0.3) is 10.3 Å². The van der Waals surface area contributed by atoms with Crippen molar-refractivity contribution in [1.82, 2.24) is 9.97 Å². The van der Waals surface area contributed by atoms with E-state index in [1.807, 2.05) is 0 Å². The Bertz CT molecular complexity index is 676. The van der Waals surface area contributed by atoms with Crippen molar-refractivity contribution in [1.29, 1.82) is 0 Å². The maximum Gasteiger partial charge on any atom is 0.350 e. The zero-order valence-electron chi connectivity index (χ0n) is 10.2. The number of hydrogen-bond acceptors (Lipinski definition) is 8. The molecule has 0 unspecified atom stereocenters. The Labute approximate surface area is 111 Å². The Morgan fingerprint density at radius 1 is 1.58 bits per heavy atom. The molecule has 0 aliphatic rings. The quantitative estimate of drug-likeness (QED) is 0.482. The van der Waals surface area contributed by atoms with Crippen LogP contribution in [0.5, 0.6) is 5.88 Å². The SMILES string of the molecule is CCOC(=O)c1sc2ncc(OC)nc2c1N=C=O. The summed E-state index contributed by atoms with van der Waals surface area (Å²) in [6, 6.07) is 0. The first-order valence-corrected chi connectivity index (χ1v) is 6.11. The molecule has 7 nitrogen and oxygen atoms in total. The number of fused-ring (bicyclic) bond motifs is 1. The van der Waals surface area contributed by atoms with Crippen LogP contribution in [-0.2, 0) is 9.53 Å². The molecule has 2 rings (SSSR count). The van der Waals surface area contributed by atoms with Gasteiger partial charge in [-0.1, -0.05) is 0 Å². The zero-order valence-corrected chi connectivity index (χ0v) is 11.0. The van der Waals surface area contributed by atoms with Gasteiger partial charge < -0.3 is 9.47 Å². The Morgan fingerprint density at radius 3 is 3.00 bits per heavy atom. The third kappa shape index (κ3) is 2.44. The average Bonchev–Trinajstić information content (AvgIpc) is 2.78. The number of carbonyl (C=O) groups excluding carboxylic acids is 2. The molecule has 98 valence electrons. The summed E-state index contributed by atoms with van der Waals surface area (Å²) < 4.78 is 9.84. The minimum atomic E-state index is -0.569. The van der Waals surface area contributed by atoms with Crippen LogP contribution in [0.1, 0.15) is 16.6 Å². The fourth-order valence-corrected chi connectivity index (χ4v) is 2.35. The first-order chi connectivity index (χ1) is 9.21. The van der Waals surface area contributed by atoms with Gasteiger partial charge in [-0.2, -0.15) is 4.99 Å². The molecule has 8 heteroatoms. The number of esters is 1. The summed E-state index contributed by atoms with van der Waals surface area (Å²) in [5, 5.41) is 0. The molecule has 0 saturated carbocycles. The number of ether oxygens (including phenoxy) is 2. The number of carbonyl (C=O) groups is 1. The van der Waals surface area contributed by atoms with E-state index in [0.717, 1.165) is 11.3 Å². The molecule has 0 amide bonds. The van der Waals surface area contributed by atoms with Gasteiger partial charge in [0.1, 0.15) is 20.9 Å². The summed E-state index contributed by atoms with van der Waals surface area (Å²) in [5.74, 6) is -0.302. The van der Waals surface area contributed by atoms with Crippen molar-refractivity contribution in [2.75, 3.05) is 13.7 Å². The number of aliphatic imine (C=N–C) groups is 1. The molecule has 0 radical (unpaired) electrons. The summed E-state index contributed by atoms with van der Waals surface area (Å²) >= 11 is 1.05. The van der Waals surface area contributed by atoms with Gasteiger partial charge in [0, 0.05) is 0 Å². The van der Waals surface area contributed by atoms with Gasteiger partial charge in [-0.25, -0.2) is 19.6 Å². The van der Waals surface area contributed by atoms with Crippen LogP contribution in [0, 0.1) is 0 Å². The van der Waals surface area contributed by atoms with E-state index >= 15 is 0 Å². The van der Waals surface area contributed by atoms with Gasteiger partial charge in [0.15, 0.2) is 0 Å². The second-order valence-electron chi connectivity index (χ2n) is 3.27. The van der Waals surface area contributed by atoms with Crippen LogP contribution in [0.4, 0.5) is 5.69 Å². The van der Waals surface area contributed by atoms with Crippen molar-refractivity contribution in [2.45, 2.75) is 6.92 Å². The molecular formula is C11H9N3O4S. The molecule has 0 spiro atoms. The number of rotatable bonds is 4. The molecule has 2 heterocycles. The fourth-order valence-electron chi connectivity index (χ4n) is 1.43. The second kappa shape index (κ2) is 5.55. The lowest BCUT2D eigenvalue weighted by Crippen LogP contribution is -2.02. The van der Waals surface area contributed by atoms with Gasteiger partial charge in [0.05, 0.1) is 19.9 Å². The number of methoxy groups -OCH3 is 1. The lowest BCUT2D eigenvalue weighted by Gasteiger charge is -1.98. The molecule has 0 aromatic carbocycles. The summed E-state index contributed by atoms with van der Waals surface area (Å²) in [6.07, 6.45) is 2.82. The minimum Gasteiger partial charge on any atom is -0.480 e. The van der Waals surface area contributed by atoms with Gasteiger partial charge >= 0.3 is 5.97 Å². The van der Waals surface area contributed by atoms with Crippen molar-refractivity contribution < 1.29 is 19.1 Å².